The summed E-state index contributed by atoms with van der Waals surface area (Å²) in [6, 6.07) is 9.52. The van der Waals surface area contributed by atoms with Gasteiger partial charge >= 0.3 is 6.18 Å². The zero-order chi connectivity index (χ0) is 23.8. The molecule has 2 heterocycles. The van der Waals surface area contributed by atoms with Gasteiger partial charge in [0.1, 0.15) is 18.2 Å². The fourth-order valence-electron chi connectivity index (χ4n) is 4.01. The third-order valence-corrected chi connectivity index (χ3v) is 5.89. The summed E-state index contributed by atoms with van der Waals surface area (Å²) in [6.45, 7) is 7.92. The molecule has 3 rings (SSSR count). The fourth-order valence-corrected chi connectivity index (χ4v) is 4.01. The second-order valence-electron chi connectivity index (χ2n) is 8.02. The number of hydrogen-bond acceptors (Lipinski definition) is 5. The maximum Gasteiger partial charge on any atom is 0.419 e. The molecule has 9 heteroatoms. The second-order valence-corrected chi connectivity index (χ2v) is 8.02. The molecule has 1 aliphatic heterocycles. The molecule has 0 aliphatic carbocycles. The lowest BCUT2D eigenvalue weighted by molar-refractivity contribution is -0.137. The summed E-state index contributed by atoms with van der Waals surface area (Å²) in [5.74, 6) is -0.230. The molecule has 0 bridgehead atoms. The van der Waals surface area contributed by atoms with Crippen LogP contribution >= 0.6 is 0 Å². The minimum Gasteiger partial charge on any atom is -0.490 e. The Balaban J connectivity index is 1.66. The van der Waals surface area contributed by atoms with Gasteiger partial charge in [-0.25, -0.2) is 4.98 Å². The number of likely N-dealkylation sites (N-methyl/N-ethyl adjacent to an activating group) is 1. The first-order valence-corrected chi connectivity index (χ1v) is 11.4. The highest BCUT2D eigenvalue weighted by molar-refractivity contribution is 5.94. The minimum absolute atomic E-state index is 0.123. The van der Waals surface area contributed by atoms with Crippen LogP contribution in [-0.4, -0.2) is 55.1 Å². The maximum absolute atomic E-state index is 13.4. The molecule has 1 saturated heterocycles. The average molecular weight is 465 g/mol. The van der Waals surface area contributed by atoms with Crippen LogP contribution in [0.15, 0.2) is 42.6 Å². The number of nitrogens with one attached hydrogen (secondary N) is 1. The van der Waals surface area contributed by atoms with Crippen LogP contribution in [0.3, 0.4) is 0 Å². The summed E-state index contributed by atoms with van der Waals surface area (Å²) in [5.41, 5.74) is -0.217. The molecule has 0 saturated carbocycles. The van der Waals surface area contributed by atoms with Crippen LogP contribution in [0, 0.1) is 5.92 Å². The van der Waals surface area contributed by atoms with Gasteiger partial charge in [-0.3, -0.25) is 4.79 Å². The van der Waals surface area contributed by atoms with Gasteiger partial charge in [-0.05, 0) is 50.2 Å². The molecule has 0 spiro atoms. The van der Waals surface area contributed by atoms with Crippen molar-refractivity contribution in [3.8, 4) is 5.75 Å². The molecule has 2 aromatic rings. The van der Waals surface area contributed by atoms with Crippen LogP contribution in [-0.2, 0) is 11.0 Å². The summed E-state index contributed by atoms with van der Waals surface area (Å²) in [7, 11) is 0. The monoisotopic (exact) mass is 464 g/mol. The number of piperidine rings is 1. The van der Waals surface area contributed by atoms with E-state index in [0.717, 1.165) is 25.7 Å². The number of nitrogens with zero attached hydrogens (tertiary/aromatic N) is 3. The number of hydrogen-bond donors (Lipinski definition) is 1. The van der Waals surface area contributed by atoms with Gasteiger partial charge in [0.2, 0.25) is 5.91 Å². The zero-order valence-electron chi connectivity index (χ0n) is 19.1. The Morgan fingerprint density at radius 2 is 1.97 bits per heavy atom. The van der Waals surface area contributed by atoms with Crippen molar-refractivity contribution in [2.24, 2.45) is 5.92 Å². The van der Waals surface area contributed by atoms with Gasteiger partial charge in [-0.2, -0.15) is 13.2 Å². The Morgan fingerprint density at radius 1 is 1.21 bits per heavy atom. The van der Waals surface area contributed by atoms with Gasteiger partial charge in [-0.15, -0.1) is 0 Å². The van der Waals surface area contributed by atoms with Gasteiger partial charge in [-0.1, -0.05) is 26.0 Å². The van der Waals surface area contributed by atoms with E-state index in [1.807, 2.05) is 12.1 Å². The summed E-state index contributed by atoms with van der Waals surface area (Å²) >= 11 is 0. The number of anilines is 2. The quantitative estimate of drug-likeness (QED) is 0.584. The van der Waals surface area contributed by atoms with Crippen molar-refractivity contribution < 1.29 is 22.7 Å². The third-order valence-electron chi connectivity index (χ3n) is 5.89. The van der Waals surface area contributed by atoms with Gasteiger partial charge in [0.25, 0.3) is 0 Å². The van der Waals surface area contributed by atoms with E-state index >= 15 is 0 Å². The number of ether oxygens (including phenoxy) is 1. The standard InChI is InChI=1S/C24H31F3N4O2/c1-3-30(4-2)15-16-33-21-12-6-5-11-20(21)29-23(32)18-9-8-14-31(17-18)22-19(24(25,26)27)10-7-13-28-22/h5-7,10-13,18H,3-4,8-9,14-17H2,1-2H3,(H,29,32). The van der Waals surface area contributed by atoms with E-state index in [1.54, 1.807) is 17.0 Å². The Hall–Kier alpha value is -2.81. The van der Waals surface area contributed by atoms with Crippen molar-refractivity contribution in [3.05, 3.63) is 48.2 Å². The number of benzene rings is 1. The lowest BCUT2D eigenvalue weighted by Gasteiger charge is -2.34. The predicted octanol–water partition coefficient (Wildman–Crippen LogP) is 4.68. The van der Waals surface area contributed by atoms with Crippen LogP contribution < -0.4 is 15.0 Å². The van der Waals surface area contributed by atoms with Crippen molar-refractivity contribution in [2.75, 3.05) is 49.5 Å². The van der Waals surface area contributed by atoms with Gasteiger partial charge < -0.3 is 19.9 Å². The highest BCUT2D eigenvalue weighted by atomic mass is 19.4. The normalized spacial score (nSPS) is 16.7. The van der Waals surface area contributed by atoms with E-state index in [1.165, 1.54) is 12.3 Å². The van der Waals surface area contributed by atoms with Crippen LogP contribution in [0.4, 0.5) is 24.7 Å². The highest BCUT2D eigenvalue weighted by Crippen LogP contribution is 2.36. The molecule has 180 valence electrons. The first kappa shape index (κ1) is 24.8. The number of alkyl halides is 3. The number of carbonyl (C=O) groups is 1. The third kappa shape index (κ3) is 6.60. The number of aromatic nitrogens is 1. The Kier molecular flexibility index (Phi) is 8.55. The number of halogens is 3. The van der Waals surface area contributed by atoms with E-state index in [0.29, 0.717) is 37.4 Å². The molecule has 33 heavy (non-hydrogen) atoms. The molecule has 6 nitrogen and oxygen atoms in total. The number of para-hydroxylation sites is 2. The van der Waals surface area contributed by atoms with Crippen LogP contribution in [0.2, 0.25) is 0 Å². The molecule has 0 radical (unpaired) electrons. The molecule has 1 unspecified atom stereocenters. The molecule has 1 amide bonds. The van der Waals surface area contributed by atoms with Crippen LogP contribution in [0.25, 0.3) is 0 Å². The first-order valence-electron chi connectivity index (χ1n) is 11.4. The Bertz CT molecular complexity index is 919. The molecule has 1 fully saturated rings. The average Bonchev–Trinajstić information content (AvgIpc) is 2.82. The first-order chi connectivity index (χ1) is 15.8. The number of carbonyl (C=O) groups excluding carboxylic acids is 1. The summed E-state index contributed by atoms with van der Waals surface area (Å²) in [4.78, 5) is 20.8. The molecule has 1 aliphatic rings. The van der Waals surface area contributed by atoms with E-state index < -0.39 is 17.7 Å². The van der Waals surface area contributed by atoms with E-state index in [9.17, 15) is 18.0 Å². The van der Waals surface area contributed by atoms with Crippen LogP contribution in [0.5, 0.6) is 5.75 Å². The minimum atomic E-state index is -4.50. The van der Waals surface area contributed by atoms with E-state index in [-0.39, 0.29) is 18.3 Å². The predicted molar refractivity (Wildman–Crippen MR) is 123 cm³/mol. The van der Waals surface area contributed by atoms with E-state index in [2.05, 4.69) is 29.0 Å². The highest BCUT2D eigenvalue weighted by Gasteiger charge is 2.37. The number of amides is 1. The van der Waals surface area contributed by atoms with Gasteiger partial charge in [0.05, 0.1) is 17.2 Å². The van der Waals surface area contributed by atoms with Gasteiger partial charge in [0, 0.05) is 25.8 Å². The van der Waals surface area contributed by atoms with Crippen molar-refractivity contribution in [3.63, 3.8) is 0 Å². The lowest BCUT2D eigenvalue weighted by Crippen LogP contribution is -2.42. The molecule has 1 atom stereocenters. The molecular formula is C24H31F3N4O2. The summed E-state index contributed by atoms with van der Waals surface area (Å²) in [6.07, 6.45) is -1.95. The Labute approximate surface area is 192 Å². The molecule has 1 aromatic heterocycles. The van der Waals surface area contributed by atoms with Crippen molar-refractivity contribution in [1.29, 1.82) is 0 Å². The lowest BCUT2D eigenvalue weighted by atomic mass is 9.96. The smallest absolute Gasteiger partial charge is 0.419 e. The summed E-state index contributed by atoms with van der Waals surface area (Å²) < 4.78 is 46.2. The number of pyridine rings is 1. The van der Waals surface area contributed by atoms with Crippen molar-refractivity contribution in [2.45, 2.75) is 32.9 Å². The largest absolute Gasteiger partial charge is 0.490 e. The number of rotatable bonds is 9. The Morgan fingerprint density at radius 3 is 2.70 bits per heavy atom. The van der Waals surface area contributed by atoms with Crippen LogP contribution in [0.1, 0.15) is 32.3 Å². The fraction of sp³-hybridized carbons (Fsp3) is 0.500. The topological polar surface area (TPSA) is 57.7 Å². The zero-order valence-corrected chi connectivity index (χ0v) is 19.1. The SMILES string of the molecule is CCN(CC)CCOc1ccccc1NC(=O)C1CCCN(c2ncccc2C(F)(F)F)C1. The maximum atomic E-state index is 13.4. The van der Waals surface area contributed by atoms with Crippen molar-refractivity contribution >= 4 is 17.4 Å². The summed E-state index contributed by atoms with van der Waals surface area (Å²) in [5, 5.41) is 2.92. The van der Waals surface area contributed by atoms with Gasteiger partial charge in [0.15, 0.2) is 0 Å². The molecule has 1 N–H and O–H groups in total. The van der Waals surface area contributed by atoms with Crippen molar-refractivity contribution in [1.82, 2.24) is 9.88 Å². The molecular weight excluding hydrogens is 433 g/mol. The van der Waals surface area contributed by atoms with E-state index in [4.69, 9.17) is 4.74 Å². The second kappa shape index (κ2) is 11.4. The molecule has 1 aromatic carbocycles.